The van der Waals surface area contributed by atoms with Gasteiger partial charge >= 0.3 is 5.97 Å². The number of aryl methyl sites for hydroxylation is 1. The molecule has 9 heteroatoms. The third-order valence-electron chi connectivity index (χ3n) is 6.34. The van der Waals surface area contributed by atoms with E-state index in [9.17, 15) is 9.59 Å². The number of carbonyl (C=O) groups is 1. The van der Waals surface area contributed by atoms with Crippen LogP contribution < -0.4 is 24.4 Å². The van der Waals surface area contributed by atoms with Crippen LogP contribution in [0.1, 0.15) is 42.4 Å². The molecule has 184 valence electrons. The summed E-state index contributed by atoms with van der Waals surface area (Å²) >= 11 is 1.30. The third kappa shape index (κ3) is 4.20. The van der Waals surface area contributed by atoms with Crippen molar-refractivity contribution in [2.24, 2.45) is 12.0 Å². The average molecular weight is 496 g/mol. The number of thiazole rings is 1. The molecular formula is C26H29N3O5S. The van der Waals surface area contributed by atoms with E-state index in [1.165, 1.54) is 11.3 Å². The molecule has 4 rings (SSSR count). The molecule has 3 aromatic rings. The Morgan fingerprint density at radius 2 is 1.86 bits per heavy atom. The summed E-state index contributed by atoms with van der Waals surface area (Å²) in [6.45, 7) is 7.77. The first-order chi connectivity index (χ1) is 16.7. The summed E-state index contributed by atoms with van der Waals surface area (Å²) in [7, 11) is 5.10. The van der Waals surface area contributed by atoms with Crippen molar-refractivity contribution in [1.82, 2.24) is 9.13 Å². The highest BCUT2D eigenvalue weighted by Gasteiger charge is 2.34. The number of benzene rings is 1. The first kappa shape index (κ1) is 24.5. The second kappa shape index (κ2) is 9.58. The molecular weight excluding hydrogens is 466 g/mol. The van der Waals surface area contributed by atoms with Crippen LogP contribution in [0.25, 0.3) is 6.08 Å². The van der Waals surface area contributed by atoms with Gasteiger partial charge in [-0.2, -0.15) is 0 Å². The standard InChI is InChI=1S/C26H29N3O5S/c1-8-34-25(31)22-15(3)27-26-29(23(22)17-9-10-19(32-6)20(12-17)33-7)24(30)21(35-26)13-18-11-14(2)28(5)16(18)4/h9-13,23H,8H2,1-7H3/b21-13-. The Hall–Kier alpha value is -3.59. The monoisotopic (exact) mass is 495 g/mol. The van der Waals surface area contributed by atoms with Gasteiger partial charge in [-0.1, -0.05) is 17.4 Å². The van der Waals surface area contributed by atoms with Crippen molar-refractivity contribution in [3.05, 3.63) is 77.7 Å². The molecule has 0 saturated heterocycles. The number of nitrogens with zero attached hydrogens (tertiary/aromatic N) is 3. The summed E-state index contributed by atoms with van der Waals surface area (Å²) in [5.41, 5.74) is 4.45. The van der Waals surface area contributed by atoms with E-state index >= 15 is 0 Å². The molecule has 1 unspecified atom stereocenters. The molecule has 3 heterocycles. The number of fused-ring (bicyclic) bond motifs is 1. The highest BCUT2D eigenvalue weighted by molar-refractivity contribution is 7.07. The van der Waals surface area contributed by atoms with Crippen molar-refractivity contribution in [3.8, 4) is 11.5 Å². The third-order valence-corrected chi connectivity index (χ3v) is 7.32. The molecule has 1 atom stereocenters. The molecule has 1 aliphatic heterocycles. The van der Waals surface area contributed by atoms with Crippen molar-refractivity contribution in [1.29, 1.82) is 0 Å². The molecule has 35 heavy (non-hydrogen) atoms. The SMILES string of the molecule is CCOC(=O)C1=C(C)N=c2s/c(=C\c3cc(C)n(C)c3C)c(=O)n2C1c1ccc(OC)c(OC)c1. The Morgan fingerprint density at radius 3 is 2.46 bits per heavy atom. The maximum absolute atomic E-state index is 13.8. The molecule has 0 aliphatic carbocycles. The van der Waals surface area contributed by atoms with E-state index in [0.717, 1.165) is 17.0 Å². The molecule has 8 nitrogen and oxygen atoms in total. The predicted octanol–water partition coefficient (Wildman–Crippen LogP) is 2.77. The zero-order valence-corrected chi connectivity index (χ0v) is 21.8. The van der Waals surface area contributed by atoms with Gasteiger partial charge in [0.15, 0.2) is 16.3 Å². The van der Waals surface area contributed by atoms with Gasteiger partial charge in [0, 0.05) is 18.4 Å². The molecule has 0 spiro atoms. The Kier molecular flexibility index (Phi) is 6.71. The van der Waals surface area contributed by atoms with E-state index in [0.29, 0.717) is 37.7 Å². The lowest BCUT2D eigenvalue weighted by atomic mass is 9.95. The first-order valence-electron chi connectivity index (χ1n) is 11.3. The van der Waals surface area contributed by atoms with Gasteiger partial charge in [-0.25, -0.2) is 9.79 Å². The van der Waals surface area contributed by atoms with E-state index in [-0.39, 0.29) is 12.2 Å². The fourth-order valence-corrected chi connectivity index (χ4v) is 5.34. The predicted molar refractivity (Wildman–Crippen MR) is 135 cm³/mol. The Morgan fingerprint density at radius 1 is 1.14 bits per heavy atom. The minimum absolute atomic E-state index is 0.214. The molecule has 2 aromatic heterocycles. The van der Waals surface area contributed by atoms with Crippen molar-refractivity contribution in [2.75, 3.05) is 20.8 Å². The Balaban J connectivity index is 1.99. The molecule has 1 aromatic carbocycles. The lowest BCUT2D eigenvalue weighted by Gasteiger charge is -2.25. The Labute approximate surface area is 207 Å². The largest absolute Gasteiger partial charge is 0.493 e. The van der Waals surface area contributed by atoms with Crippen LogP contribution in [0.5, 0.6) is 11.5 Å². The van der Waals surface area contributed by atoms with Crippen molar-refractivity contribution in [2.45, 2.75) is 33.7 Å². The number of methoxy groups -OCH3 is 2. The number of hydrogen-bond donors (Lipinski definition) is 0. The lowest BCUT2D eigenvalue weighted by Crippen LogP contribution is -2.40. The smallest absolute Gasteiger partial charge is 0.338 e. The molecule has 0 saturated carbocycles. The molecule has 0 radical (unpaired) electrons. The van der Waals surface area contributed by atoms with Crippen molar-refractivity contribution >= 4 is 23.4 Å². The van der Waals surface area contributed by atoms with Crippen LogP contribution >= 0.6 is 11.3 Å². The second-order valence-corrected chi connectivity index (χ2v) is 9.31. The van der Waals surface area contributed by atoms with Gasteiger partial charge in [0.2, 0.25) is 0 Å². The van der Waals surface area contributed by atoms with Crippen LogP contribution in [0.15, 0.2) is 45.3 Å². The molecule has 0 N–H and O–H groups in total. The van der Waals surface area contributed by atoms with Gasteiger partial charge in [0.25, 0.3) is 5.56 Å². The first-order valence-corrected chi connectivity index (χ1v) is 12.1. The maximum Gasteiger partial charge on any atom is 0.338 e. The minimum atomic E-state index is -0.717. The van der Waals surface area contributed by atoms with Crippen molar-refractivity contribution in [3.63, 3.8) is 0 Å². The second-order valence-electron chi connectivity index (χ2n) is 8.30. The van der Waals surface area contributed by atoms with Gasteiger partial charge in [0.05, 0.1) is 42.7 Å². The van der Waals surface area contributed by atoms with E-state index in [2.05, 4.69) is 15.6 Å². The quantitative estimate of drug-likeness (QED) is 0.491. The molecule has 0 bridgehead atoms. The van der Waals surface area contributed by atoms with Crippen LogP contribution in [0, 0.1) is 13.8 Å². The number of hydrogen-bond acceptors (Lipinski definition) is 7. The lowest BCUT2D eigenvalue weighted by molar-refractivity contribution is -0.139. The highest BCUT2D eigenvalue weighted by atomic mass is 32.1. The summed E-state index contributed by atoms with van der Waals surface area (Å²) in [6.07, 6.45) is 1.89. The van der Waals surface area contributed by atoms with Gasteiger partial charge in [-0.15, -0.1) is 0 Å². The van der Waals surface area contributed by atoms with Crippen molar-refractivity contribution < 1.29 is 19.0 Å². The van der Waals surface area contributed by atoms with E-state index in [1.54, 1.807) is 44.8 Å². The highest BCUT2D eigenvalue weighted by Crippen LogP contribution is 2.36. The van der Waals surface area contributed by atoms with Crippen LogP contribution in [0.4, 0.5) is 0 Å². The van der Waals surface area contributed by atoms with E-state index in [4.69, 9.17) is 14.2 Å². The summed E-state index contributed by atoms with van der Waals surface area (Å²) in [5.74, 6) is 0.551. The summed E-state index contributed by atoms with van der Waals surface area (Å²) < 4.78 is 20.4. The number of esters is 1. The number of carbonyl (C=O) groups excluding carboxylic acids is 1. The van der Waals surface area contributed by atoms with Gasteiger partial charge < -0.3 is 18.8 Å². The Bertz CT molecular complexity index is 1520. The minimum Gasteiger partial charge on any atom is -0.493 e. The van der Waals surface area contributed by atoms with Crippen LogP contribution in [0.2, 0.25) is 0 Å². The summed E-state index contributed by atoms with van der Waals surface area (Å²) in [5, 5.41) is 0. The fourth-order valence-electron chi connectivity index (χ4n) is 4.30. The fraction of sp³-hybridized carbons (Fsp3) is 0.346. The zero-order chi connectivity index (χ0) is 25.4. The number of ether oxygens (including phenoxy) is 3. The normalized spacial score (nSPS) is 15.6. The topological polar surface area (TPSA) is 84.1 Å². The van der Waals surface area contributed by atoms with Crippen LogP contribution in [-0.2, 0) is 16.6 Å². The summed E-state index contributed by atoms with van der Waals surface area (Å²) in [6, 6.07) is 6.70. The number of aromatic nitrogens is 2. The van der Waals surface area contributed by atoms with Gasteiger partial charge in [-0.3, -0.25) is 9.36 Å². The molecule has 0 fully saturated rings. The van der Waals surface area contributed by atoms with Crippen LogP contribution in [0.3, 0.4) is 0 Å². The zero-order valence-electron chi connectivity index (χ0n) is 21.0. The van der Waals surface area contributed by atoms with Crippen LogP contribution in [-0.4, -0.2) is 35.9 Å². The van der Waals surface area contributed by atoms with E-state index < -0.39 is 12.0 Å². The van der Waals surface area contributed by atoms with E-state index in [1.807, 2.05) is 33.0 Å². The summed E-state index contributed by atoms with van der Waals surface area (Å²) in [4.78, 5) is 32.0. The average Bonchev–Trinajstić information content (AvgIpc) is 3.27. The number of allylic oxidation sites excluding steroid dienone is 1. The number of rotatable bonds is 6. The molecule has 0 amide bonds. The maximum atomic E-state index is 13.8. The van der Waals surface area contributed by atoms with Gasteiger partial charge in [0.1, 0.15) is 0 Å². The van der Waals surface area contributed by atoms with Gasteiger partial charge in [-0.05, 0) is 63.1 Å². The molecule has 1 aliphatic rings.